The van der Waals surface area contributed by atoms with Crippen molar-refractivity contribution in [3.8, 4) is 0 Å². The van der Waals surface area contributed by atoms with Gasteiger partial charge in [0.15, 0.2) is 0 Å². The molecule has 0 aromatic heterocycles. The second-order valence-electron chi connectivity index (χ2n) is 3.91. The van der Waals surface area contributed by atoms with Gasteiger partial charge >= 0.3 is 5.97 Å². The van der Waals surface area contributed by atoms with Crippen molar-refractivity contribution in [3.05, 3.63) is 35.9 Å². The highest BCUT2D eigenvalue weighted by Crippen LogP contribution is 2.03. The molecule has 0 saturated heterocycles. The summed E-state index contributed by atoms with van der Waals surface area (Å²) >= 11 is 0. The molecule has 0 radical (unpaired) electrons. The highest BCUT2D eigenvalue weighted by atomic mass is 16.5. The molecule has 4 N–H and O–H groups in total. The maximum atomic E-state index is 11.4. The summed E-state index contributed by atoms with van der Waals surface area (Å²) in [5, 5.41) is 0. The van der Waals surface area contributed by atoms with Gasteiger partial charge < -0.3 is 16.2 Å². The van der Waals surface area contributed by atoms with E-state index in [4.69, 9.17) is 16.2 Å². The van der Waals surface area contributed by atoms with E-state index in [0.29, 0.717) is 6.42 Å². The molecule has 2 atom stereocenters. The Morgan fingerprint density at radius 2 is 1.94 bits per heavy atom. The van der Waals surface area contributed by atoms with Crippen molar-refractivity contribution in [3.63, 3.8) is 0 Å². The van der Waals surface area contributed by atoms with E-state index in [0.717, 1.165) is 5.56 Å². The minimum Gasteiger partial charge on any atom is -0.460 e. The number of rotatable bonds is 5. The van der Waals surface area contributed by atoms with Crippen LogP contribution in [-0.2, 0) is 16.1 Å². The number of ether oxygens (including phenoxy) is 1. The van der Waals surface area contributed by atoms with Gasteiger partial charge in [0.25, 0.3) is 0 Å². The molecule has 0 unspecified atom stereocenters. The highest BCUT2D eigenvalue weighted by Gasteiger charge is 2.16. The number of hydrogen-bond donors (Lipinski definition) is 2. The van der Waals surface area contributed by atoms with Crippen LogP contribution in [0.5, 0.6) is 0 Å². The van der Waals surface area contributed by atoms with E-state index < -0.39 is 12.0 Å². The number of esters is 1. The minimum absolute atomic E-state index is 0.0979. The van der Waals surface area contributed by atoms with Crippen LogP contribution in [0.1, 0.15) is 18.9 Å². The zero-order valence-corrected chi connectivity index (χ0v) is 9.43. The average molecular weight is 222 g/mol. The van der Waals surface area contributed by atoms with Gasteiger partial charge in [0.1, 0.15) is 12.6 Å². The molecule has 0 aliphatic rings. The summed E-state index contributed by atoms with van der Waals surface area (Å²) in [6.07, 6.45) is 0.438. The standard InChI is InChI=1S/C12H18N2O2/c1-9(13)7-11(14)12(15)16-8-10-5-3-2-4-6-10/h2-6,9,11H,7-8,13-14H2,1H3/t9-,11-/m1/s1. The average Bonchev–Trinajstić information content (AvgIpc) is 2.26. The van der Waals surface area contributed by atoms with Crippen LogP contribution in [0, 0.1) is 0 Å². The summed E-state index contributed by atoms with van der Waals surface area (Å²) < 4.78 is 5.07. The van der Waals surface area contributed by atoms with Gasteiger partial charge in [-0.1, -0.05) is 30.3 Å². The van der Waals surface area contributed by atoms with Gasteiger partial charge in [-0.25, -0.2) is 0 Å². The SMILES string of the molecule is C[C@@H](N)C[C@@H](N)C(=O)OCc1ccccc1. The molecule has 1 aromatic rings. The van der Waals surface area contributed by atoms with Crippen molar-refractivity contribution in [2.45, 2.75) is 32.0 Å². The van der Waals surface area contributed by atoms with E-state index in [9.17, 15) is 4.79 Å². The van der Waals surface area contributed by atoms with Crippen molar-refractivity contribution in [1.29, 1.82) is 0 Å². The molecule has 16 heavy (non-hydrogen) atoms. The fourth-order valence-electron chi connectivity index (χ4n) is 1.33. The van der Waals surface area contributed by atoms with Crippen LogP contribution in [0.25, 0.3) is 0 Å². The van der Waals surface area contributed by atoms with Crippen LogP contribution in [0.4, 0.5) is 0 Å². The Morgan fingerprint density at radius 3 is 2.50 bits per heavy atom. The monoisotopic (exact) mass is 222 g/mol. The van der Waals surface area contributed by atoms with Crippen LogP contribution in [0.2, 0.25) is 0 Å². The van der Waals surface area contributed by atoms with E-state index in [2.05, 4.69) is 0 Å². The first-order valence-corrected chi connectivity index (χ1v) is 5.31. The zero-order chi connectivity index (χ0) is 12.0. The molecule has 0 aliphatic heterocycles. The molecule has 0 fully saturated rings. The maximum absolute atomic E-state index is 11.4. The first kappa shape index (κ1) is 12.7. The number of nitrogens with two attached hydrogens (primary N) is 2. The smallest absolute Gasteiger partial charge is 0.323 e. The minimum atomic E-state index is -0.635. The van der Waals surface area contributed by atoms with E-state index >= 15 is 0 Å². The molecule has 0 bridgehead atoms. The Labute approximate surface area is 95.6 Å². The van der Waals surface area contributed by atoms with Gasteiger partial charge in [-0.2, -0.15) is 0 Å². The van der Waals surface area contributed by atoms with Crippen molar-refractivity contribution >= 4 is 5.97 Å². The molecular formula is C12H18N2O2. The van der Waals surface area contributed by atoms with E-state index in [1.165, 1.54) is 0 Å². The third kappa shape index (κ3) is 4.42. The van der Waals surface area contributed by atoms with E-state index in [1.807, 2.05) is 37.3 Å². The third-order valence-electron chi connectivity index (χ3n) is 2.15. The number of carbonyl (C=O) groups excluding carboxylic acids is 1. The normalized spacial score (nSPS) is 14.2. The van der Waals surface area contributed by atoms with Crippen LogP contribution in [-0.4, -0.2) is 18.1 Å². The molecule has 1 rings (SSSR count). The Hall–Kier alpha value is -1.39. The van der Waals surface area contributed by atoms with Crippen LogP contribution < -0.4 is 11.5 Å². The lowest BCUT2D eigenvalue weighted by Gasteiger charge is -2.13. The fraction of sp³-hybridized carbons (Fsp3) is 0.417. The molecular weight excluding hydrogens is 204 g/mol. The highest BCUT2D eigenvalue weighted by molar-refractivity contribution is 5.75. The number of benzene rings is 1. The van der Waals surface area contributed by atoms with Crippen molar-refractivity contribution in [1.82, 2.24) is 0 Å². The summed E-state index contributed by atoms with van der Waals surface area (Å²) in [5.74, 6) is -0.402. The van der Waals surface area contributed by atoms with Gasteiger partial charge in [0.2, 0.25) is 0 Å². The molecule has 0 amide bonds. The lowest BCUT2D eigenvalue weighted by molar-refractivity contribution is -0.146. The Balaban J connectivity index is 2.35. The fourth-order valence-corrected chi connectivity index (χ4v) is 1.33. The maximum Gasteiger partial charge on any atom is 0.323 e. The summed E-state index contributed by atoms with van der Waals surface area (Å²) in [6.45, 7) is 2.07. The molecule has 4 nitrogen and oxygen atoms in total. The Bertz CT molecular complexity index is 325. The summed E-state index contributed by atoms with van der Waals surface area (Å²) in [6, 6.07) is 8.75. The summed E-state index contributed by atoms with van der Waals surface area (Å²) in [7, 11) is 0. The summed E-state index contributed by atoms with van der Waals surface area (Å²) in [4.78, 5) is 11.4. The van der Waals surface area contributed by atoms with Gasteiger partial charge in [-0.05, 0) is 18.9 Å². The Kier molecular flexibility index (Phi) is 4.95. The topological polar surface area (TPSA) is 78.3 Å². The first-order chi connectivity index (χ1) is 7.59. The second kappa shape index (κ2) is 6.25. The lowest BCUT2D eigenvalue weighted by Crippen LogP contribution is -2.37. The zero-order valence-electron chi connectivity index (χ0n) is 9.43. The molecule has 0 spiro atoms. The van der Waals surface area contributed by atoms with Crippen molar-refractivity contribution in [2.24, 2.45) is 11.5 Å². The third-order valence-corrected chi connectivity index (χ3v) is 2.15. The summed E-state index contributed by atoms with van der Waals surface area (Å²) in [5.41, 5.74) is 12.1. The van der Waals surface area contributed by atoms with Crippen molar-refractivity contribution in [2.75, 3.05) is 0 Å². The second-order valence-corrected chi connectivity index (χ2v) is 3.91. The van der Waals surface area contributed by atoms with Crippen LogP contribution >= 0.6 is 0 Å². The predicted octanol–water partition coefficient (Wildman–Crippen LogP) is 0.794. The number of carbonyl (C=O) groups is 1. The van der Waals surface area contributed by atoms with E-state index in [1.54, 1.807) is 0 Å². The lowest BCUT2D eigenvalue weighted by atomic mass is 10.1. The number of hydrogen-bond acceptors (Lipinski definition) is 4. The molecule has 0 saturated carbocycles. The van der Waals surface area contributed by atoms with Crippen LogP contribution in [0.3, 0.4) is 0 Å². The quantitative estimate of drug-likeness (QED) is 0.722. The molecule has 0 heterocycles. The van der Waals surface area contributed by atoms with Gasteiger partial charge in [-0.15, -0.1) is 0 Å². The van der Waals surface area contributed by atoms with Gasteiger partial charge in [0.05, 0.1) is 0 Å². The molecule has 4 heteroatoms. The van der Waals surface area contributed by atoms with Gasteiger partial charge in [-0.3, -0.25) is 4.79 Å². The Morgan fingerprint density at radius 1 is 1.31 bits per heavy atom. The van der Waals surface area contributed by atoms with Gasteiger partial charge in [0, 0.05) is 6.04 Å². The predicted molar refractivity (Wildman–Crippen MR) is 62.5 cm³/mol. The first-order valence-electron chi connectivity index (χ1n) is 5.31. The molecule has 88 valence electrons. The molecule has 0 aliphatic carbocycles. The molecule has 1 aromatic carbocycles. The van der Waals surface area contributed by atoms with E-state index in [-0.39, 0.29) is 12.6 Å². The van der Waals surface area contributed by atoms with Crippen LogP contribution in [0.15, 0.2) is 30.3 Å². The van der Waals surface area contributed by atoms with Crippen molar-refractivity contribution < 1.29 is 9.53 Å². The largest absolute Gasteiger partial charge is 0.460 e.